The molecule has 1 atom stereocenters. The average molecular weight is 449 g/mol. The third-order valence-electron chi connectivity index (χ3n) is 3.60. The van der Waals surface area contributed by atoms with Gasteiger partial charge in [-0.2, -0.15) is 18.2 Å². The van der Waals surface area contributed by atoms with Crippen molar-refractivity contribution in [2.45, 2.75) is 25.6 Å². The summed E-state index contributed by atoms with van der Waals surface area (Å²) in [6.45, 7) is 2.05. The molecule has 2 rings (SSSR count). The Balaban J connectivity index is 2.27. The van der Waals surface area contributed by atoms with Crippen LogP contribution in [0.25, 0.3) is 0 Å². The SMILES string of the molecule is CC1CC(C(=O)OC(=O)c2ccc(Br)c(C(F)(F)F)c2)=C(N=C=S)CN1. The molecule has 0 saturated carbocycles. The van der Waals surface area contributed by atoms with Crippen LogP contribution in [0.2, 0.25) is 0 Å². The molecule has 0 fully saturated rings. The van der Waals surface area contributed by atoms with Crippen molar-refractivity contribution in [2.75, 3.05) is 6.54 Å². The number of rotatable bonds is 3. The van der Waals surface area contributed by atoms with Gasteiger partial charge in [-0.15, -0.1) is 0 Å². The number of benzene rings is 1. The molecule has 1 N–H and O–H groups in total. The molecule has 1 unspecified atom stereocenters. The predicted octanol–water partition coefficient (Wildman–Crippen LogP) is 3.89. The summed E-state index contributed by atoms with van der Waals surface area (Å²) in [6.07, 6.45) is -4.43. The highest BCUT2D eigenvalue weighted by Gasteiger charge is 2.34. The zero-order valence-corrected chi connectivity index (χ0v) is 15.7. The van der Waals surface area contributed by atoms with Gasteiger partial charge in [-0.25, -0.2) is 9.59 Å². The van der Waals surface area contributed by atoms with Crippen LogP contribution in [-0.4, -0.2) is 29.7 Å². The van der Waals surface area contributed by atoms with Crippen molar-refractivity contribution in [2.24, 2.45) is 4.99 Å². The summed E-state index contributed by atoms with van der Waals surface area (Å²) in [5.74, 6) is -2.15. The lowest BCUT2D eigenvalue weighted by Gasteiger charge is -2.22. The maximum atomic E-state index is 12.9. The Morgan fingerprint density at radius 3 is 2.69 bits per heavy atom. The van der Waals surface area contributed by atoms with Gasteiger partial charge < -0.3 is 10.1 Å². The van der Waals surface area contributed by atoms with Gasteiger partial charge in [0.05, 0.1) is 27.6 Å². The number of carbonyl (C=O) groups is 2. The van der Waals surface area contributed by atoms with Crippen LogP contribution in [0.3, 0.4) is 0 Å². The van der Waals surface area contributed by atoms with E-state index in [-0.39, 0.29) is 34.8 Å². The number of alkyl halides is 3. The number of thiocarbonyl (C=S) groups is 1. The number of ether oxygens (including phenoxy) is 1. The summed E-state index contributed by atoms with van der Waals surface area (Å²) in [6, 6.07) is 2.75. The molecule has 0 radical (unpaired) electrons. The molecular formula is C16H12BrF3N2O3S. The van der Waals surface area contributed by atoms with Crippen LogP contribution in [0, 0.1) is 0 Å². The quantitative estimate of drug-likeness (QED) is 0.328. The first-order valence-electron chi connectivity index (χ1n) is 7.30. The number of nitrogens with one attached hydrogen (secondary N) is 1. The molecule has 0 bridgehead atoms. The highest BCUT2D eigenvalue weighted by Crippen LogP contribution is 2.35. The van der Waals surface area contributed by atoms with Gasteiger partial charge in [-0.1, -0.05) is 15.9 Å². The summed E-state index contributed by atoms with van der Waals surface area (Å²) in [5.41, 5.74) is -1.02. The number of carbonyl (C=O) groups excluding carboxylic acids is 2. The fourth-order valence-corrected chi connectivity index (χ4v) is 2.89. The Morgan fingerprint density at radius 1 is 1.38 bits per heavy atom. The molecule has 138 valence electrons. The van der Waals surface area contributed by atoms with Crippen molar-refractivity contribution in [3.05, 3.63) is 45.1 Å². The van der Waals surface area contributed by atoms with Gasteiger partial charge in [0.2, 0.25) is 0 Å². The molecule has 10 heteroatoms. The summed E-state index contributed by atoms with van der Waals surface area (Å²) >= 11 is 7.30. The van der Waals surface area contributed by atoms with E-state index >= 15 is 0 Å². The van der Waals surface area contributed by atoms with Gasteiger partial charge >= 0.3 is 18.1 Å². The second kappa shape index (κ2) is 8.22. The minimum absolute atomic E-state index is 0.0683. The molecule has 0 aliphatic carbocycles. The molecule has 1 aromatic rings. The second-order valence-corrected chi connectivity index (χ2v) is 6.52. The number of isothiocyanates is 1. The number of hydrogen-bond donors (Lipinski definition) is 1. The van der Waals surface area contributed by atoms with E-state index in [1.807, 2.05) is 6.92 Å². The molecule has 0 amide bonds. The topological polar surface area (TPSA) is 67.8 Å². The third kappa shape index (κ3) is 4.85. The standard InChI is InChI=1S/C16H12BrF3N2O3S/c1-8-4-10(13(6-21-8)22-7-26)15(24)25-14(23)9-2-3-12(17)11(5-9)16(18,19)20/h2-3,5,8,21H,4,6H2,1H3. The highest BCUT2D eigenvalue weighted by atomic mass is 79.9. The van der Waals surface area contributed by atoms with Crippen molar-refractivity contribution in [3.8, 4) is 0 Å². The highest BCUT2D eigenvalue weighted by molar-refractivity contribution is 9.10. The molecule has 1 heterocycles. The van der Waals surface area contributed by atoms with Crippen LogP contribution in [0.5, 0.6) is 0 Å². The predicted molar refractivity (Wildman–Crippen MR) is 93.7 cm³/mol. The smallest absolute Gasteiger partial charge is 0.386 e. The first-order chi connectivity index (χ1) is 12.1. The normalized spacial score (nSPS) is 17.5. The molecule has 0 spiro atoms. The minimum atomic E-state index is -4.66. The number of nitrogens with zero attached hydrogens (tertiary/aromatic N) is 1. The Hall–Kier alpha value is -1.87. The summed E-state index contributed by atoms with van der Waals surface area (Å²) in [7, 11) is 0. The zero-order chi connectivity index (χ0) is 19.5. The zero-order valence-electron chi connectivity index (χ0n) is 13.3. The number of esters is 2. The van der Waals surface area contributed by atoms with Crippen molar-refractivity contribution >= 4 is 45.2 Å². The molecule has 5 nitrogen and oxygen atoms in total. The Bertz CT molecular complexity index is 833. The molecule has 1 aliphatic rings. The van der Waals surface area contributed by atoms with E-state index in [4.69, 9.17) is 4.74 Å². The van der Waals surface area contributed by atoms with E-state index in [0.29, 0.717) is 6.07 Å². The van der Waals surface area contributed by atoms with E-state index in [1.165, 1.54) is 0 Å². The summed E-state index contributed by atoms with van der Waals surface area (Å²) in [5, 5.41) is 5.20. The van der Waals surface area contributed by atoms with Crippen LogP contribution < -0.4 is 5.32 Å². The van der Waals surface area contributed by atoms with Gasteiger partial charge in [0, 0.05) is 17.1 Å². The van der Waals surface area contributed by atoms with Crippen LogP contribution >= 0.6 is 28.1 Å². The van der Waals surface area contributed by atoms with E-state index in [1.54, 1.807) is 0 Å². The van der Waals surface area contributed by atoms with Crippen LogP contribution in [-0.2, 0) is 15.7 Å². The van der Waals surface area contributed by atoms with E-state index in [0.717, 1.165) is 12.1 Å². The first kappa shape index (κ1) is 20.4. The molecule has 1 aliphatic heterocycles. The van der Waals surface area contributed by atoms with E-state index < -0.39 is 29.2 Å². The maximum absolute atomic E-state index is 12.9. The average Bonchev–Trinajstić information content (AvgIpc) is 2.55. The number of aliphatic imine (C=N–C) groups is 1. The van der Waals surface area contributed by atoms with Crippen LogP contribution in [0.4, 0.5) is 13.2 Å². The van der Waals surface area contributed by atoms with Gasteiger partial charge in [-0.05, 0) is 43.8 Å². The number of halogens is 4. The lowest BCUT2D eigenvalue weighted by Crippen LogP contribution is -2.35. The van der Waals surface area contributed by atoms with E-state index in [2.05, 4.69) is 43.6 Å². The van der Waals surface area contributed by atoms with Gasteiger partial charge in [0.25, 0.3) is 0 Å². The molecule has 0 aromatic heterocycles. The molecule has 26 heavy (non-hydrogen) atoms. The lowest BCUT2D eigenvalue weighted by molar-refractivity contribution is -0.138. The molecule has 0 saturated heterocycles. The van der Waals surface area contributed by atoms with Crippen molar-refractivity contribution in [1.29, 1.82) is 0 Å². The summed E-state index contributed by atoms with van der Waals surface area (Å²) < 4.78 is 43.3. The fourth-order valence-electron chi connectivity index (χ4n) is 2.31. The molecular weight excluding hydrogens is 437 g/mol. The fraction of sp³-hybridized carbons (Fsp3) is 0.312. The second-order valence-electron chi connectivity index (χ2n) is 5.48. The maximum Gasteiger partial charge on any atom is 0.417 e. The Morgan fingerprint density at radius 2 is 2.08 bits per heavy atom. The van der Waals surface area contributed by atoms with E-state index in [9.17, 15) is 22.8 Å². The number of hydrogen-bond acceptors (Lipinski definition) is 6. The van der Waals surface area contributed by atoms with Crippen molar-refractivity contribution in [3.63, 3.8) is 0 Å². The van der Waals surface area contributed by atoms with Crippen molar-refractivity contribution < 1.29 is 27.5 Å². The minimum Gasteiger partial charge on any atom is -0.386 e. The summed E-state index contributed by atoms with van der Waals surface area (Å²) in [4.78, 5) is 28.2. The van der Waals surface area contributed by atoms with Crippen LogP contribution in [0.15, 0.2) is 38.9 Å². The Kier molecular flexibility index (Phi) is 6.46. The largest absolute Gasteiger partial charge is 0.417 e. The first-order valence-corrected chi connectivity index (χ1v) is 8.50. The van der Waals surface area contributed by atoms with Crippen LogP contribution in [0.1, 0.15) is 29.3 Å². The molecule has 1 aromatic carbocycles. The van der Waals surface area contributed by atoms with Gasteiger partial charge in [0.1, 0.15) is 0 Å². The van der Waals surface area contributed by atoms with Crippen molar-refractivity contribution in [1.82, 2.24) is 5.32 Å². The monoisotopic (exact) mass is 448 g/mol. The van der Waals surface area contributed by atoms with Gasteiger partial charge in [-0.3, -0.25) is 0 Å². The van der Waals surface area contributed by atoms with Gasteiger partial charge in [0.15, 0.2) is 0 Å². The Labute approximate surface area is 160 Å². The third-order valence-corrected chi connectivity index (χ3v) is 4.38. The lowest BCUT2D eigenvalue weighted by atomic mass is 10.0.